The number of carboxylic acid groups (broad SMARTS) is 3. The Bertz CT molecular complexity index is 5960. The fourth-order valence-electron chi connectivity index (χ4n) is 17.6. The zero-order chi connectivity index (χ0) is 101. The van der Waals surface area contributed by atoms with Crippen molar-refractivity contribution >= 4 is 123 Å². The summed E-state index contributed by atoms with van der Waals surface area (Å²) in [4.78, 5) is 175. The summed E-state index contributed by atoms with van der Waals surface area (Å²) in [5.41, 5.74) is 1.41. The Kier molecular flexibility index (Phi) is 39.8. The molecular formula is C103H118F3N9O24. The number of benzene rings is 6. The molecule has 139 heavy (non-hydrogen) atoms. The lowest BCUT2D eigenvalue weighted by Gasteiger charge is -2.36. The van der Waals surface area contributed by atoms with E-state index in [9.17, 15) is 87.2 Å². The second-order valence-electron chi connectivity index (χ2n) is 34.5. The van der Waals surface area contributed by atoms with Crippen molar-refractivity contribution in [3.8, 4) is 17.2 Å². The molecule has 3 saturated carbocycles. The number of piperazine rings is 1. The Labute approximate surface area is 800 Å². The number of ether oxygens (including phenoxy) is 6. The van der Waals surface area contributed by atoms with E-state index in [1.807, 2.05) is 88.4 Å². The van der Waals surface area contributed by atoms with Gasteiger partial charge < -0.3 is 112 Å². The number of rotatable bonds is 32. The van der Waals surface area contributed by atoms with Crippen LogP contribution in [0.3, 0.4) is 0 Å². The second-order valence-corrected chi connectivity index (χ2v) is 34.5. The van der Waals surface area contributed by atoms with Crippen LogP contribution in [-0.2, 0) is 43.0 Å². The van der Waals surface area contributed by atoms with Crippen molar-refractivity contribution in [3.05, 3.63) is 235 Å². The lowest BCUT2D eigenvalue weighted by molar-refractivity contribution is -0.122. The summed E-state index contributed by atoms with van der Waals surface area (Å²) in [5, 5.41) is 35.4. The SMILES string of the molecule is C=CC(=O)c1ccccc1.C=CC(=O)c1ccccc1.COCC(C=O)C=O.COCC(C=O)C=O.COCC(C=O)C=O.COc1c(N2CCNC(C)C2)c(F)cc2c(=O)c(C(=O)O)cn(C3CC3)c12.COc1c(N2C[C@@H]3CCCN(CCC(=O)c4ccccc4)[C@@H]3C2)c(F)cc2c(=O)c(C(=O)O)cn(C3CC3)c12.COc1c(N2C[C@@H]3CCCN[C@@H]3C2)c(F)cc2c(=O)c(C(=O)O)cn(C3CC3)c12. The summed E-state index contributed by atoms with van der Waals surface area (Å²) in [6.45, 7) is 16.5. The molecule has 0 radical (unpaired) electrons. The van der Waals surface area contributed by atoms with Crippen molar-refractivity contribution < 1.29 is 114 Å². The number of ketones is 3. The first kappa shape index (κ1) is 107. The molecule has 0 amide bonds. The number of methoxy groups -OCH3 is 6. The van der Waals surface area contributed by atoms with Crippen molar-refractivity contribution in [2.45, 2.75) is 114 Å². The number of hydrogen-bond donors (Lipinski definition) is 5. The normalized spacial score (nSPS) is 17.7. The summed E-state index contributed by atoms with van der Waals surface area (Å²) >= 11 is 0. The van der Waals surface area contributed by atoms with E-state index in [4.69, 9.17) is 14.2 Å². The molecule has 5 atom stereocenters. The van der Waals surface area contributed by atoms with Crippen molar-refractivity contribution in [1.82, 2.24) is 29.2 Å². The number of allylic oxidation sites excluding steroid dienone is 2. The van der Waals surface area contributed by atoms with Crippen LogP contribution in [0.2, 0.25) is 0 Å². The standard InChI is InChI=1S/C30H32FN3O5.C21H24FN3O4.C19H22FN3O4.2C9H8O.3C5H8O3/c1-39-29-26-21(28(36)22(30(37)38)16-34(26)20-9-10-20)14-23(31)27(29)33-15-19-8-5-12-32(24(19)17-33)13-11-25(35)18-6-3-2-4-7-18;1-29-20-17-13(19(26)14(21(27)28)9-25(17)12-4-5-12)7-15(22)18(20)24-8-11-3-2-6-23-16(11)10-24;1-10-8-22(6-5-21-10)16-14(20)7-12-15(18(16)27-2)23(11-3-4-11)9-13(17(12)24)19(25)26;2*1-2-9(10)8-6-4-3-5-7-8;3*1-8-4-5(2-6)3-7/h2-4,6-7,14,16,19-20,24H,5,8-13,15,17H2,1H3,(H,37,38);7,9,11-12,16,23H,2-6,8,10H2,1H3,(H,27,28);7,9-11,21H,3-6,8H2,1-2H3,(H,25,26);2*2-7H,1H2;3*2-3,5H,4H2,1H3/t19-,24+;11-,16+;;;;;;/m00....../s1. The monoisotopic (exact) mass is 1920 g/mol. The number of carboxylic acids is 3. The number of aromatic nitrogens is 3. The average Bonchev–Trinajstić information content (AvgIpc) is 1.66. The molecule has 8 fully saturated rings. The number of Topliss-reactive ketones (excluding diaryl/α,β-unsaturated/α-hetero) is 1. The van der Waals surface area contributed by atoms with Crippen LogP contribution in [0, 0.1) is 47.0 Å². The van der Waals surface area contributed by atoms with Crippen LogP contribution in [0.15, 0.2) is 167 Å². The van der Waals surface area contributed by atoms with Crippen LogP contribution in [0.25, 0.3) is 32.7 Å². The highest BCUT2D eigenvalue weighted by Gasteiger charge is 2.44. The van der Waals surface area contributed by atoms with Gasteiger partial charge in [0.05, 0.1) is 91.6 Å². The Morgan fingerprint density at radius 1 is 0.439 bits per heavy atom. The summed E-state index contributed by atoms with van der Waals surface area (Å²) in [6, 6.07) is 31.9. The fourth-order valence-corrected chi connectivity index (χ4v) is 17.6. The van der Waals surface area contributed by atoms with Crippen molar-refractivity contribution in [3.63, 3.8) is 0 Å². The molecule has 8 heterocycles. The topological polar surface area (TPSA) is 424 Å². The van der Waals surface area contributed by atoms with Crippen molar-refractivity contribution in [2.75, 3.05) is 143 Å². The van der Waals surface area contributed by atoms with Gasteiger partial charge in [0.2, 0.25) is 16.3 Å². The van der Waals surface area contributed by atoms with E-state index in [1.165, 1.54) is 85.5 Å². The van der Waals surface area contributed by atoms with E-state index in [0.29, 0.717) is 158 Å². The molecule has 1 unspecified atom stereocenters. The van der Waals surface area contributed by atoms with Gasteiger partial charge in [0.15, 0.2) is 52.0 Å². The van der Waals surface area contributed by atoms with Gasteiger partial charge in [-0.1, -0.05) is 104 Å². The number of fused-ring (bicyclic) bond motifs is 5. The highest BCUT2D eigenvalue weighted by atomic mass is 19.1. The van der Waals surface area contributed by atoms with E-state index in [0.717, 1.165) is 102 Å². The molecule has 3 aromatic heterocycles. The van der Waals surface area contributed by atoms with Crippen LogP contribution in [-0.4, -0.2) is 253 Å². The van der Waals surface area contributed by atoms with Gasteiger partial charge in [-0.2, -0.15) is 0 Å². The predicted octanol–water partition coefficient (Wildman–Crippen LogP) is 11.8. The molecule has 8 aliphatic rings. The van der Waals surface area contributed by atoms with E-state index in [1.54, 1.807) is 38.0 Å². The predicted molar refractivity (Wildman–Crippen MR) is 516 cm³/mol. The van der Waals surface area contributed by atoms with Gasteiger partial charge in [-0.15, -0.1) is 0 Å². The van der Waals surface area contributed by atoms with Gasteiger partial charge in [-0.25, -0.2) is 27.6 Å². The molecule has 36 heteroatoms. The molecule has 33 nitrogen and oxygen atoms in total. The number of pyridine rings is 3. The lowest BCUT2D eigenvalue weighted by atomic mass is 9.91. The molecule has 5 aliphatic heterocycles. The molecule has 5 saturated heterocycles. The van der Waals surface area contributed by atoms with Gasteiger partial charge in [0.1, 0.15) is 71.5 Å². The van der Waals surface area contributed by atoms with Crippen LogP contribution in [0.4, 0.5) is 30.2 Å². The third-order valence-electron chi connectivity index (χ3n) is 24.9. The second kappa shape index (κ2) is 51.6. The molecular weight excluding hydrogens is 1800 g/mol. The number of hydrogen-bond acceptors (Lipinski definition) is 27. The molecule has 9 aromatic rings. The fraction of sp³-hybridized carbons (Fsp3) is 0.408. The third kappa shape index (κ3) is 27.0. The minimum Gasteiger partial charge on any atom is -0.492 e. The van der Waals surface area contributed by atoms with Gasteiger partial charge in [-0.05, 0) is 126 Å². The summed E-state index contributed by atoms with van der Waals surface area (Å²) in [7, 11) is 8.73. The highest BCUT2D eigenvalue weighted by molar-refractivity contribution is 6.05. The number of carbonyl (C=O) groups excluding carboxylic acids is 9. The van der Waals surface area contributed by atoms with Gasteiger partial charge in [-0.3, -0.25) is 33.7 Å². The molecule has 0 bridgehead atoms. The number of halogens is 3. The maximum atomic E-state index is 15.8. The number of piperidine rings is 2. The minimum atomic E-state index is -1.32. The quantitative estimate of drug-likeness (QED) is 0.0113. The Balaban J connectivity index is 0.000000178. The number of carbonyl (C=O) groups is 12. The molecule has 0 spiro atoms. The van der Waals surface area contributed by atoms with Gasteiger partial charge >= 0.3 is 17.9 Å². The Hall–Kier alpha value is -13.8. The zero-order valence-electron chi connectivity index (χ0n) is 78.7. The lowest BCUT2D eigenvalue weighted by Crippen LogP contribution is -2.49. The molecule has 5 N–H and O–H groups in total. The van der Waals surface area contributed by atoms with Crippen LogP contribution >= 0.6 is 0 Å². The Morgan fingerprint density at radius 2 is 0.791 bits per heavy atom. The number of anilines is 3. The third-order valence-corrected chi connectivity index (χ3v) is 24.9. The largest absolute Gasteiger partial charge is 0.492 e. The van der Waals surface area contributed by atoms with Gasteiger partial charge in [0, 0.05) is 152 Å². The first-order chi connectivity index (χ1) is 67.0. The summed E-state index contributed by atoms with van der Waals surface area (Å²) < 4.78 is 82.2. The molecule has 740 valence electrons. The zero-order valence-corrected chi connectivity index (χ0v) is 78.7. The highest BCUT2D eigenvalue weighted by Crippen LogP contribution is 2.49. The summed E-state index contributed by atoms with van der Waals surface area (Å²) in [5.74, 6) is -5.66. The first-order valence-electron chi connectivity index (χ1n) is 45.7. The number of nitrogens with one attached hydrogen (secondary N) is 2. The van der Waals surface area contributed by atoms with Crippen molar-refractivity contribution in [1.29, 1.82) is 0 Å². The molecule has 6 aromatic carbocycles. The first-order valence-corrected chi connectivity index (χ1v) is 45.7. The summed E-state index contributed by atoms with van der Waals surface area (Å²) in [6.07, 6.45) is 20.1. The smallest absolute Gasteiger partial charge is 0.341 e. The average molecular weight is 1920 g/mol. The van der Waals surface area contributed by atoms with Crippen LogP contribution < -0.4 is 55.8 Å². The van der Waals surface area contributed by atoms with Gasteiger partial charge in [0.25, 0.3) is 0 Å². The van der Waals surface area contributed by atoms with Crippen LogP contribution in [0.1, 0.15) is 158 Å². The van der Waals surface area contributed by atoms with E-state index >= 15 is 13.2 Å². The number of nitrogens with zero attached hydrogens (tertiary/aromatic N) is 7. The van der Waals surface area contributed by atoms with E-state index in [2.05, 4.69) is 42.9 Å². The van der Waals surface area contributed by atoms with E-state index in [-0.39, 0.29) is 106 Å². The number of likely N-dealkylation sites (tertiary alicyclic amines) is 1. The van der Waals surface area contributed by atoms with Crippen molar-refractivity contribution in [2.24, 2.45) is 29.6 Å². The molecule has 3 aliphatic carbocycles. The van der Waals surface area contributed by atoms with Crippen LogP contribution in [0.5, 0.6) is 17.2 Å². The maximum Gasteiger partial charge on any atom is 0.341 e. The Morgan fingerprint density at radius 3 is 1.12 bits per heavy atom. The number of aromatic carboxylic acids is 3. The number of aldehydes is 6. The van der Waals surface area contributed by atoms with E-state index < -0.39 is 69.4 Å². The maximum absolute atomic E-state index is 15.8. The molecule has 17 rings (SSSR count). The minimum absolute atomic E-state index is 0.0255.